The summed E-state index contributed by atoms with van der Waals surface area (Å²) in [6, 6.07) is 4.08. The molecule has 1 unspecified atom stereocenters. The third-order valence-corrected chi connectivity index (χ3v) is 15.7. The van der Waals surface area contributed by atoms with Gasteiger partial charge in [0.1, 0.15) is 65.5 Å². The van der Waals surface area contributed by atoms with Crippen molar-refractivity contribution in [3.05, 3.63) is 59.7 Å². The zero-order valence-electron chi connectivity index (χ0n) is 56.4. The van der Waals surface area contributed by atoms with E-state index in [9.17, 15) is 47.9 Å². The first kappa shape index (κ1) is 77.0. The topological polar surface area (TPSA) is 304 Å². The second-order valence-corrected chi connectivity index (χ2v) is 26.2. The second kappa shape index (κ2) is 39.1. The Kier molecular flexibility index (Phi) is 33.4. The fourth-order valence-corrected chi connectivity index (χ4v) is 10.4. The summed E-state index contributed by atoms with van der Waals surface area (Å²) in [7, 11) is 3.09. The summed E-state index contributed by atoms with van der Waals surface area (Å²) in [6.07, 6.45) is 6.98. The first-order valence-electron chi connectivity index (χ1n) is 32.6. The molecule has 2 aromatic carbocycles. The number of benzene rings is 2. The van der Waals surface area contributed by atoms with Crippen LogP contribution in [0.1, 0.15) is 216 Å². The Morgan fingerprint density at radius 2 is 1.03 bits per heavy atom. The van der Waals surface area contributed by atoms with E-state index in [0.717, 1.165) is 56.1 Å². The van der Waals surface area contributed by atoms with E-state index in [1.807, 2.05) is 58.9 Å². The maximum atomic E-state index is 14.8. The van der Waals surface area contributed by atoms with Gasteiger partial charge >= 0.3 is 11.9 Å². The molecule has 504 valence electrons. The highest BCUT2D eigenvalue weighted by Gasteiger charge is 2.38. The van der Waals surface area contributed by atoms with Crippen LogP contribution in [0.5, 0.6) is 11.5 Å². The van der Waals surface area contributed by atoms with E-state index in [1.165, 1.54) is 13.3 Å². The number of cyclic esters (lactones) is 1. The molecule has 0 radical (unpaired) electrons. The average molecular weight is 1260 g/mol. The zero-order valence-corrected chi connectivity index (χ0v) is 56.4. The SMILES string of the molecule is CCCCCCCCCCCC1CC(=O)N[C@@H](CCC(=O)NC(c2ccc(OC)cc2)c2ccc(OC)cc2)C(=O)N[C@@H](CC(C)C)C(=O)N[C@H](C)C(=O)N[C@@H](C(C)C)C(=O)N[C@@H](CC(=O)OC(C)(C)C)C(=O)N[C@H](CC(C)C)C(=O)N[C@@H]([C@@H](C)CC)C(=O)O1. The molecule has 8 N–H and O–H groups in total. The van der Waals surface area contributed by atoms with Gasteiger partial charge in [-0.15, -0.1) is 0 Å². The number of methoxy groups -OCH3 is 2. The fraction of sp³-hybridized carbons (Fsp3) is 0.676. The number of amides is 8. The molecule has 3 rings (SSSR count). The molecule has 22 heteroatoms. The van der Waals surface area contributed by atoms with Crippen LogP contribution in [0.4, 0.5) is 0 Å². The lowest BCUT2D eigenvalue weighted by Crippen LogP contribution is -2.61. The molecule has 22 nitrogen and oxygen atoms in total. The van der Waals surface area contributed by atoms with E-state index in [1.54, 1.807) is 80.0 Å². The number of ether oxygens (including phenoxy) is 4. The minimum Gasteiger partial charge on any atom is -0.497 e. The molecule has 9 atom stereocenters. The van der Waals surface area contributed by atoms with E-state index in [0.29, 0.717) is 24.3 Å². The third kappa shape index (κ3) is 27.9. The molecule has 0 spiro atoms. The zero-order chi connectivity index (χ0) is 67.3. The quantitative estimate of drug-likeness (QED) is 0.0312. The lowest BCUT2D eigenvalue weighted by Gasteiger charge is -2.30. The van der Waals surface area contributed by atoms with Gasteiger partial charge in [-0.1, -0.05) is 144 Å². The van der Waals surface area contributed by atoms with Crippen LogP contribution < -0.4 is 52.0 Å². The first-order valence-corrected chi connectivity index (χ1v) is 32.6. The molecule has 0 saturated carbocycles. The van der Waals surface area contributed by atoms with Gasteiger partial charge in [0, 0.05) is 6.42 Å². The summed E-state index contributed by atoms with van der Waals surface area (Å²) in [5, 5.41) is 22.2. The number of unbranched alkanes of at least 4 members (excludes halogenated alkanes) is 8. The van der Waals surface area contributed by atoms with Crippen LogP contribution in [0.3, 0.4) is 0 Å². The van der Waals surface area contributed by atoms with Gasteiger partial charge in [0.25, 0.3) is 0 Å². The average Bonchev–Trinajstić information content (AvgIpc) is 2.46. The van der Waals surface area contributed by atoms with Crippen LogP contribution in [-0.2, 0) is 57.4 Å². The Balaban J connectivity index is 2.20. The van der Waals surface area contributed by atoms with Crippen molar-refractivity contribution in [2.75, 3.05) is 14.2 Å². The van der Waals surface area contributed by atoms with E-state index < -0.39 is 144 Å². The van der Waals surface area contributed by atoms with Crippen LogP contribution in [0, 0.1) is 23.7 Å². The van der Waals surface area contributed by atoms with Gasteiger partial charge in [-0.3, -0.25) is 43.2 Å². The molecule has 2 aromatic rings. The molecule has 0 aliphatic carbocycles. The number of esters is 2. The number of hydrogen-bond donors (Lipinski definition) is 8. The Labute approximate surface area is 534 Å². The van der Waals surface area contributed by atoms with Crippen molar-refractivity contribution in [3.8, 4) is 11.5 Å². The lowest BCUT2D eigenvalue weighted by atomic mass is 9.97. The maximum absolute atomic E-state index is 14.8. The van der Waals surface area contributed by atoms with Crippen molar-refractivity contribution in [1.82, 2.24) is 42.5 Å². The minimum absolute atomic E-state index is 0.0585. The van der Waals surface area contributed by atoms with Gasteiger partial charge in [-0.2, -0.15) is 0 Å². The van der Waals surface area contributed by atoms with Crippen molar-refractivity contribution in [1.29, 1.82) is 0 Å². The molecule has 1 heterocycles. The Bertz CT molecular complexity index is 2580. The highest BCUT2D eigenvalue weighted by molar-refractivity contribution is 5.98. The number of rotatable bonds is 27. The van der Waals surface area contributed by atoms with E-state index >= 15 is 0 Å². The van der Waals surface area contributed by atoms with E-state index in [4.69, 9.17) is 18.9 Å². The van der Waals surface area contributed by atoms with Crippen molar-refractivity contribution in [2.24, 2.45) is 23.7 Å². The third-order valence-electron chi connectivity index (χ3n) is 15.7. The van der Waals surface area contributed by atoms with Gasteiger partial charge in [-0.05, 0) is 119 Å². The smallest absolute Gasteiger partial charge is 0.329 e. The summed E-state index contributed by atoms with van der Waals surface area (Å²) >= 11 is 0. The summed E-state index contributed by atoms with van der Waals surface area (Å²) in [5.41, 5.74) is 0.459. The molecule has 90 heavy (non-hydrogen) atoms. The summed E-state index contributed by atoms with van der Waals surface area (Å²) in [4.78, 5) is 144. The second-order valence-electron chi connectivity index (χ2n) is 26.2. The van der Waals surface area contributed by atoms with Crippen LogP contribution in [0.15, 0.2) is 48.5 Å². The van der Waals surface area contributed by atoms with E-state index in [-0.39, 0.29) is 43.9 Å². The molecule has 1 saturated heterocycles. The van der Waals surface area contributed by atoms with Crippen molar-refractivity contribution < 1.29 is 66.9 Å². The number of carbonyl (C=O) groups is 10. The van der Waals surface area contributed by atoms with Gasteiger partial charge in [-0.25, -0.2) is 4.79 Å². The highest BCUT2D eigenvalue weighted by Crippen LogP contribution is 2.27. The molecule has 1 fully saturated rings. The van der Waals surface area contributed by atoms with Gasteiger partial charge in [0.15, 0.2) is 0 Å². The number of nitrogens with one attached hydrogen (secondary N) is 8. The Morgan fingerprint density at radius 1 is 0.567 bits per heavy atom. The Morgan fingerprint density at radius 3 is 1.51 bits per heavy atom. The van der Waals surface area contributed by atoms with Crippen LogP contribution in [-0.4, -0.2) is 127 Å². The predicted octanol–water partition coefficient (Wildman–Crippen LogP) is 7.87. The van der Waals surface area contributed by atoms with Crippen molar-refractivity contribution >= 4 is 59.2 Å². The Hall–Kier alpha value is -7.26. The van der Waals surface area contributed by atoms with E-state index in [2.05, 4.69) is 49.5 Å². The minimum atomic E-state index is -1.63. The normalized spacial score (nSPS) is 21.9. The van der Waals surface area contributed by atoms with Crippen LogP contribution >= 0.6 is 0 Å². The molecular formula is C68H108N8O14. The largest absolute Gasteiger partial charge is 0.497 e. The van der Waals surface area contributed by atoms with Gasteiger partial charge < -0.3 is 61.5 Å². The van der Waals surface area contributed by atoms with Crippen molar-refractivity contribution in [2.45, 2.75) is 259 Å². The first-order chi connectivity index (χ1) is 42.5. The summed E-state index contributed by atoms with van der Waals surface area (Å²) in [6.45, 7) is 22.6. The molecule has 1 aliphatic rings. The fourth-order valence-electron chi connectivity index (χ4n) is 10.4. The maximum Gasteiger partial charge on any atom is 0.329 e. The van der Waals surface area contributed by atoms with Crippen LogP contribution in [0.2, 0.25) is 0 Å². The van der Waals surface area contributed by atoms with Crippen molar-refractivity contribution in [3.63, 3.8) is 0 Å². The molecular weight excluding hydrogens is 1150 g/mol. The molecule has 1 aliphatic heterocycles. The monoisotopic (exact) mass is 1260 g/mol. The molecule has 0 bridgehead atoms. The number of carbonyl (C=O) groups excluding carboxylic acids is 10. The lowest BCUT2D eigenvalue weighted by molar-refractivity contribution is -0.158. The summed E-state index contributed by atoms with van der Waals surface area (Å²) < 4.78 is 22.6. The van der Waals surface area contributed by atoms with Gasteiger partial charge in [0.2, 0.25) is 47.3 Å². The molecule has 0 aromatic heterocycles. The van der Waals surface area contributed by atoms with Gasteiger partial charge in [0.05, 0.1) is 33.1 Å². The summed E-state index contributed by atoms with van der Waals surface area (Å²) in [5.74, 6) is -8.14. The highest BCUT2D eigenvalue weighted by atomic mass is 16.6. The molecule has 8 amide bonds. The van der Waals surface area contributed by atoms with Crippen LogP contribution in [0.25, 0.3) is 0 Å². The standard InChI is InChI=1S/C68H108N8O14/c1-16-18-19-20-21-22-23-24-25-26-50-39-56(78)70-51(35-36-55(77)74-60(46-27-31-48(87-14)32-28-46)47-29-33-49(88-15)34-30-47)62(81)71-52(37-41(3)4)63(82)69-45(10)61(80)75-58(43(7)8)66(85)73-54(40-57(79)90-68(11,12)13)64(83)72-53(38-42(5)6)65(84)76-59(44(9)17-2)67(86)89-50/h27-34,41-45,50-54,58-60H,16-26,35-40H2,1-15H3,(H,69,82)(H,70,78)(H,71,81)(H,72,83)(H,73,85)(H,74,77)(H,75,80)(H,76,84)/t44-,45+,50?,51-,52-,53+,54-,58-,59-/m0/s1. The predicted molar refractivity (Wildman–Crippen MR) is 344 cm³/mol. The number of hydrogen-bond acceptors (Lipinski definition) is 14.